The summed E-state index contributed by atoms with van der Waals surface area (Å²) in [6, 6.07) is 8.81. The number of carbonyl (C=O) groups excluding carboxylic acids is 1. The molecule has 0 radical (unpaired) electrons. The van der Waals surface area contributed by atoms with Crippen LogP contribution in [0.15, 0.2) is 36.7 Å². The Kier molecular flexibility index (Phi) is 4.28. The fourth-order valence-corrected chi connectivity index (χ4v) is 4.16. The van der Waals surface area contributed by atoms with Gasteiger partial charge >= 0.3 is 6.03 Å². The summed E-state index contributed by atoms with van der Waals surface area (Å²) in [5.41, 5.74) is 0.900. The van der Waals surface area contributed by atoms with Crippen LogP contribution in [0.3, 0.4) is 0 Å². The molecule has 2 aromatic rings. The predicted octanol–water partition coefficient (Wildman–Crippen LogP) is 0.254. The molecule has 1 atom stereocenters. The maximum Gasteiger partial charge on any atom is 0.315 e. The summed E-state index contributed by atoms with van der Waals surface area (Å²) in [6.07, 6.45) is 2.03. The van der Waals surface area contributed by atoms with Gasteiger partial charge in [-0.05, 0) is 18.6 Å². The van der Waals surface area contributed by atoms with Crippen LogP contribution < -0.4 is 10.6 Å². The van der Waals surface area contributed by atoms with Gasteiger partial charge in [0.15, 0.2) is 15.7 Å². The lowest BCUT2D eigenvalue weighted by Crippen LogP contribution is -2.42. The van der Waals surface area contributed by atoms with E-state index >= 15 is 0 Å². The van der Waals surface area contributed by atoms with Crippen LogP contribution >= 0.6 is 0 Å². The lowest BCUT2D eigenvalue weighted by molar-refractivity contribution is 0.237. The van der Waals surface area contributed by atoms with Crippen molar-refractivity contribution in [1.29, 1.82) is 0 Å². The second kappa shape index (κ2) is 6.37. The van der Waals surface area contributed by atoms with E-state index in [0.29, 0.717) is 12.2 Å². The highest BCUT2D eigenvalue weighted by Gasteiger charge is 2.28. The van der Waals surface area contributed by atoms with Crippen LogP contribution in [0.2, 0.25) is 0 Å². The summed E-state index contributed by atoms with van der Waals surface area (Å²) >= 11 is 0. The highest BCUT2D eigenvalue weighted by molar-refractivity contribution is 7.91. The molecule has 2 heterocycles. The first-order valence-electron chi connectivity index (χ1n) is 7.22. The smallest absolute Gasteiger partial charge is 0.315 e. The van der Waals surface area contributed by atoms with Gasteiger partial charge in [-0.15, -0.1) is 10.2 Å². The van der Waals surface area contributed by atoms with E-state index in [9.17, 15) is 13.2 Å². The van der Waals surface area contributed by atoms with E-state index in [1.165, 1.54) is 0 Å². The van der Waals surface area contributed by atoms with Gasteiger partial charge in [-0.25, -0.2) is 13.2 Å². The second-order valence-electron chi connectivity index (χ2n) is 5.38. The molecule has 1 saturated heterocycles. The fraction of sp³-hybridized carbons (Fsp3) is 0.357. The van der Waals surface area contributed by atoms with Crippen molar-refractivity contribution in [2.45, 2.75) is 19.0 Å². The number of amides is 2. The third-order valence-electron chi connectivity index (χ3n) is 3.63. The third kappa shape index (κ3) is 3.86. The number of urea groups is 1. The van der Waals surface area contributed by atoms with Crippen LogP contribution in [0.1, 0.15) is 12.2 Å². The first kappa shape index (κ1) is 15.5. The van der Waals surface area contributed by atoms with Gasteiger partial charge in [0.1, 0.15) is 6.33 Å². The van der Waals surface area contributed by atoms with E-state index in [-0.39, 0.29) is 24.1 Å². The summed E-state index contributed by atoms with van der Waals surface area (Å²) < 4.78 is 24.5. The molecule has 1 aliphatic rings. The second-order valence-corrected chi connectivity index (χ2v) is 7.61. The molecule has 2 amide bonds. The minimum atomic E-state index is -3.01. The number of benzene rings is 1. The molecule has 3 rings (SSSR count). The first-order valence-corrected chi connectivity index (χ1v) is 9.05. The topological polar surface area (TPSA) is 106 Å². The van der Waals surface area contributed by atoms with Gasteiger partial charge in [0.25, 0.3) is 0 Å². The Morgan fingerprint density at radius 3 is 2.78 bits per heavy atom. The van der Waals surface area contributed by atoms with Gasteiger partial charge in [-0.3, -0.25) is 4.57 Å². The average molecular weight is 335 g/mol. The number of carbonyl (C=O) groups is 1. The van der Waals surface area contributed by atoms with Crippen molar-refractivity contribution in [3.63, 3.8) is 0 Å². The molecule has 1 aromatic heterocycles. The van der Waals surface area contributed by atoms with Crippen molar-refractivity contribution in [2.24, 2.45) is 0 Å². The van der Waals surface area contributed by atoms with E-state index in [4.69, 9.17) is 0 Å². The number of para-hydroxylation sites is 1. The van der Waals surface area contributed by atoms with Crippen molar-refractivity contribution >= 4 is 15.9 Å². The summed E-state index contributed by atoms with van der Waals surface area (Å²) in [5, 5.41) is 13.2. The van der Waals surface area contributed by atoms with Crippen LogP contribution in [0, 0.1) is 0 Å². The Morgan fingerprint density at radius 1 is 1.30 bits per heavy atom. The van der Waals surface area contributed by atoms with Crippen molar-refractivity contribution in [3.8, 4) is 5.69 Å². The molecule has 2 N–H and O–H groups in total. The van der Waals surface area contributed by atoms with Crippen molar-refractivity contribution in [1.82, 2.24) is 25.4 Å². The van der Waals surface area contributed by atoms with Gasteiger partial charge in [0, 0.05) is 11.7 Å². The van der Waals surface area contributed by atoms with Gasteiger partial charge in [-0.2, -0.15) is 0 Å². The molecule has 0 spiro atoms. The van der Waals surface area contributed by atoms with Gasteiger partial charge in [0.2, 0.25) is 0 Å². The van der Waals surface area contributed by atoms with E-state index in [1.54, 1.807) is 10.9 Å². The van der Waals surface area contributed by atoms with Crippen molar-refractivity contribution < 1.29 is 13.2 Å². The van der Waals surface area contributed by atoms with Crippen LogP contribution in [0.4, 0.5) is 4.79 Å². The maximum absolute atomic E-state index is 11.9. The lowest BCUT2D eigenvalue weighted by Gasteiger charge is -2.12. The van der Waals surface area contributed by atoms with Crippen LogP contribution in [0.5, 0.6) is 0 Å². The Bertz CT molecular complexity index is 788. The minimum Gasteiger partial charge on any atom is -0.334 e. The van der Waals surface area contributed by atoms with Crippen LogP contribution in [-0.2, 0) is 16.4 Å². The molecule has 23 heavy (non-hydrogen) atoms. The summed E-state index contributed by atoms with van der Waals surface area (Å²) in [4.78, 5) is 11.9. The largest absolute Gasteiger partial charge is 0.334 e. The Balaban J connectivity index is 1.57. The number of rotatable bonds is 4. The summed E-state index contributed by atoms with van der Waals surface area (Å²) in [6.45, 7) is 0.195. The normalized spacial score (nSPS) is 19.4. The summed E-state index contributed by atoms with van der Waals surface area (Å²) in [7, 11) is -3.01. The molecule has 0 saturated carbocycles. The van der Waals surface area contributed by atoms with Crippen LogP contribution in [0.25, 0.3) is 5.69 Å². The molecule has 1 aliphatic heterocycles. The number of nitrogens with one attached hydrogen (secondary N) is 2. The SMILES string of the molecule is O=C(NCc1nncn1-c1ccccc1)NC1CCS(=O)(=O)C1. The zero-order valence-electron chi connectivity index (χ0n) is 12.3. The number of hydrogen-bond acceptors (Lipinski definition) is 5. The van der Waals surface area contributed by atoms with E-state index in [0.717, 1.165) is 5.69 Å². The lowest BCUT2D eigenvalue weighted by atomic mass is 10.3. The van der Waals surface area contributed by atoms with Crippen LogP contribution in [-0.4, -0.2) is 46.8 Å². The Labute approximate surface area is 133 Å². The standard InChI is InChI=1S/C14H17N5O3S/c20-14(17-11-6-7-23(21,22)9-11)15-8-13-18-16-10-19(13)12-4-2-1-3-5-12/h1-5,10-11H,6-9H2,(H2,15,17,20). The van der Waals surface area contributed by atoms with E-state index < -0.39 is 15.9 Å². The third-order valence-corrected chi connectivity index (χ3v) is 5.40. The molecule has 0 aliphatic carbocycles. The number of aromatic nitrogens is 3. The van der Waals surface area contributed by atoms with Gasteiger partial charge in [0.05, 0.1) is 18.1 Å². The molecule has 9 heteroatoms. The monoisotopic (exact) mass is 335 g/mol. The fourth-order valence-electron chi connectivity index (χ4n) is 2.49. The molecular weight excluding hydrogens is 318 g/mol. The average Bonchev–Trinajstić information content (AvgIpc) is 3.12. The van der Waals surface area contributed by atoms with Crippen molar-refractivity contribution in [3.05, 3.63) is 42.5 Å². The zero-order chi connectivity index (χ0) is 16.3. The molecule has 1 unspecified atom stereocenters. The molecule has 0 bridgehead atoms. The number of nitrogens with zero attached hydrogens (tertiary/aromatic N) is 3. The molecular formula is C14H17N5O3S. The number of sulfone groups is 1. The van der Waals surface area contributed by atoms with Gasteiger partial charge < -0.3 is 10.6 Å². The van der Waals surface area contributed by atoms with E-state index in [1.807, 2.05) is 30.3 Å². The van der Waals surface area contributed by atoms with E-state index in [2.05, 4.69) is 20.8 Å². The molecule has 1 fully saturated rings. The Hall–Kier alpha value is -2.42. The molecule has 8 nitrogen and oxygen atoms in total. The quantitative estimate of drug-likeness (QED) is 0.833. The number of hydrogen-bond donors (Lipinski definition) is 2. The Morgan fingerprint density at radius 2 is 2.09 bits per heavy atom. The van der Waals surface area contributed by atoms with Crippen molar-refractivity contribution in [2.75, 3.05) is 11.5 Å². The summed E-state index contributed by atoms with van der Waals surface area (Å²) in [5.74, 6) is 0.714. The van der Waals surface area contributed by atoms with Gasteiger partial charge in [-0.1, -0.05) is 18.2 Å². The highest BCUT2D eigenvalue weighted by atomic mass is 32.2. The highest BCUT2D eigenvalue weighted by Crippen LogP contribution is 2.11. The minimum absolute atomic E-state index is 0.000613. The maximum atomic E-state index is 11.9. The molecule has 122 valence electrons. The zero-order valence-corrected chi connectivity index (χ0v) is 13.2. The predicted molar refractivity (Wildman–Crippen MR) is 83.8 cm³/mol. The molecule has 1 aromatic carbocycles. The first-order chi connectivity index (χ1) is 11.0.